The van der Waals surface area contributed by atoms with Crippen molar-refractivity contribution in [3.63, 3.8) is 0 Å². The summed E-state index contributed by atoms with van der Waals surface area (Å²) in [7, 11) is 4.70. The van der Waals surface area contributed by atoms with Gasteiger partial charge in [0.1, 0.15) is 13.2 Å². The third-order valence-electron chi connectivity index (χ3n) is 1.97. The number of urea groups is 1. The van der Waals surface area contributed by atoms with Crippen LogP contribution in [0.15, 0.2) is 0 Å². The van der Waals surface area contributed by atoms with E-state index in [-0.39, 0.29) is 25.6 Å². The third-order valence-corrected chi connectivity index (χ3v) is 1.97. The molecule has 0 aliphatic heterocycles. The van der Waals surface area contributed by atoms with E-state index in [0.29, 0.717) is 0 Å². The number of ether oxygens (including phenoxy) is 1. The molecule has 0 spiro atoms. The van der Waals surface area contributed by atoms with E-state index in [0.717, 1.165) is 0 Å². The number of rotatable bonds is 7. The molecule has 0 aromatic rings. The van der Waals surface area contributed by atoms with Crippen LogP contribution in [0.3, 0.4) is 0 Å². The summed E-state index contributed by atoms with van der Waals surface area (Å²) in [5.41, 5.74) is 0. The van der Waals surface area contributed by atoms with Crippen LogP contribution in [-0.2, 0) is 14.3 Å². The topological polar surface area (TPSA) is 99.2 Å². The minimum Gasteiger partial charge on any atom is -0.480 e. The monoisotopic (exact) mass is 261 g/mol. The van der Waals surface area contributed by atoms with Crippen LogP contribution in [0.1, 0.15) is 0 Å². The molecular weight excluding hydrogens is 242 g/mol. The standard InChI is InChI=1S/C10H19N3O5/c1-12(2)8(14)6-13(3)10(17)11-4-5-18-7-9(15)16/h4-7H2,1-3H3,(H,11,17)(H,15,16). The second-order valence-corrected chi connectivity index (χ2v) is 3.82. The Hall–Kier alpha value is -1.83. The van der Waals surface area contributed by atoms with Crippen molar-refractivity contribution in [2.24, 2.45) is 0 Å². The highest BCUT2D eigenvalue weighted by Crippen LogP contribution is 1.87. The zero-order valence-corrected chi connectivity index (χ0v) is 10.8. The number of carbonyl (C=O) groups excluding carboxylic acids is 2. The molecule has 0 saturated carbocycles. The molecular formula is C10H19N3O5. The van der Waals surface area contributed by atoms with Crippen LogP contribution in [0, 0.1) is 0 Å². The molecule has 3 amide bonds. The zero-order chi connectivity index (χ0) is 14.1. The number of nitrogens with zero attached hydrogens (tertiary/aromatic N) is 2. The second-order valence-electron chi connectivity index (χ2n) is 3.82. The summed E-state index contributed by atoms with van der Waals surface area (Å²) in [5, 5.41) is 10.8. The van der Waals surface area contributed by atoms with Crippen LogP contribution in [-0.4, -0.2) is 80.3 Å². The van der Waals surface area contributed by atoms with Crippen LogP contribution in [0.25, 0.3) is 0 Å². The van der Waals surface area contributed by atoms with E-state index in [1.807, 2.05) is 0 Å². The number of carboxylic acids is 1. The summed E-state index contributed by atoms with van der Waals surface area (Å²) in [6.07, 6.45) is 0. The van der Waals surface area contributed by atoms with Crippen molar-refractivity contribution in [3.05, 3.63) is 0 Å². The Balaban J connectivity index is 3.75. The Labute approximate surface area is 105 Å². The van der Waals surface area contributed by atoms with Gasteiger partial charge in [-0.05, 0) is 0 Å². The minimum atomic E-state index is -1.06. The summed E-state index contributed by atoms with van der Waals surface area (Å²) < 4.78 is 4.74. The van der Waals surface area contributed by atoms with Crippen molar-refractivity contribution in [2.45, 2.75) is 0 Å². The average molecular weight is 261 g/mol. The summed E-state index contributed by atoms with van der Waals surface area (Å²) >= 11 is 0. The second kappa shape index (κ2) is 8.29. The van der Waals surface area contributed by atoms with Gasteiger partial charge >= 0.3 is 12.0 Å². The Morgan fingerprint density at radius 3 is 2.33 bits per heavy atom. The van der Waals surface area contributed by atoms with Gasteiger partial charge in [0.05, 0.1) is 6.61 Å². The largest absolute Gasteiger partial charge is 0.480 e. The number of aliphatic carboxylic acids is 1. The lowest BCUT2D eigenvalue weighted by molar-refractivity contribution is -0.142. The molecule has 0 aliphatic carbocycles. The van der Waals surface area contributed by atoms with Gasteiger partial charge < -0.3 is 25.0 Å². The maximum Gasteiger partial charge on any atom is 0.329 e. The normalized spacial score (nSPS) is 9.72. The fraction of sp³-hybridized carbons (Fsp3) is 0.700. The van der Waals surface area contributed by atoms with Gasteiger partial charge in [-0.1, -0.05) is 0 Å². The number of carboxylic acid groups (broad SMARTS) is 1. The van der Waals surface area contributed by atoms with Crippen molar-refractivity contribution in [1.82, 2.24) is 15.1 Å². The van der Waals surface area contributed by atoms with Crippen LogP contribution < -0.4 is 5.32 Å². The molecule has 0 bridgehead atoms. The smallest absolute Gasteiger partial charge is 0.329 e. The number of hydrogen-bond donors (Lipinski definition) is 2. The van der Waals surface area contributed by atoms with E-state index in [1.165, 1.54) is 16.8 Å². The van der Waals surface area contributed by atoms with E-state index in [9.17, 15) is 14.4 Å². The van der Waals surface area contributed by atoms with Gasteiger partial charge in [0.15, 0.2) is 0 Å². The highest BCUT2D eigenvalue weighted by molar-refractivity contribution is 5.83. The number of likely N-dealkylation sites (N-methyl/N-ethyl adjacent to an activating group) is 2. The minimum absolute atomic E-state index is 0.0190. The van der Waals surface area contributed by atoms with Crippen molar-refractivity contribution < 1.29 is 24.2 Å². The van der Waals surface area contributed by atoms with Crippen molar-refractivity contribution >= 4 is 17.9 Å². The lowest BCUT2D eigenvalue weighted by atomic mass is 10.5. The highest BCUT2D eigenvalue weighted by atomic mass is 16.5. The van der Waals surface area contributed by atoms with Crippen LogP contribution in [0.5, 0.6) is 0 Å². The first kappa shape index (κ1) is 16.2. The molecule has 104 valence electrons. The first-order chi connectivity index (χ1) is 8.34. The number of nitrogens with one attached hydrogen (secondary N) is 1. The van der Waals surface area contributed by atoms with Gasteiger partial charge in [0, 0.05) is 27.7 Å². The molecule has 2 N–H and O–H groups in total. The Morgan fingerprint density at radius 1 is 1.22 bits per heavy atom. The molecule has 0 aromatic carbocycles. The summed E-state index contributed by atoms with van der Waals surface area (Å²) in [6, 6.07) is -0.413. The van der Waals surface area contributed by atoms with Crippen LogP contribution >= 0.6 is 0 Å². The van der Waals surface area contributed by atoms with E-state index in [1.54, 1.807) is 14.1 Å². The van der Waals surface area contributed by atoms with Gasteiger partial charge in [0.25, 0.3) is 0 Å². The summed E-state index contributed by atoms with van der Waals surface area (Å²) in [5.74, 6) is -1.25. The predicted molar refractivity (Wildman–Crippen MR) is 63.2 cm³/mol. The van der Waals surface area contributed by atoms with Gasteiger partial charge in [-0.3, -0.25) is 4.79 Å². The van der Waals surface area contributed by atoms with Gasteiger partial charge in [-0.25, -0.2) is 9.59 Å². The Bertz CT molecular complexity index is 306. The Kier molecular flexibility index (Phi) is 7.45. The SMILES string of the molecule is CN(C)C(=O)CN(C)C(=O)NCCOCC(=O)O. The highest BCUT2D eigenvalue weighted by Gasteiger charge is 2.13. The molecule has 0 radical (unpaired) electrons. The van der Waals surface area contributed by atoms with Gasteiger partial charge in [-0.2, -0.15) is 0 Å². The first-order valence-electron chi connectivity index (χ1n) is 5.33. The molecule has 18 heavy (non-hydrogen) atoms. The number of amides is 3. The molecule has 0 unspecified atom stereocenters. The van der Waals surface area contributed by atoms with Crippen molar-refractivity contribution in [2.75, 3.05) is 47.4 Å². The van der Waals surface area contributed by atoms with Crippen molar-refractivity contribution in [1.29, 1.82) is 0 Å². The zero-order valence-electron chi connectivity index (χ0n) is 10.8. The fourth-order valence-electron chi connectivity index (χ4n) is 0.941. The van der Waals surface area contributed by atoms with Crippen LogP contribution in [0.4, 0.5) is 4.79 Å². The number of hydrogen-bond acceptors (Lipinski definition) is 4. The third kappa shape index (κ3) is 7.44. The van der Waals surface area contributed by atoms with Gasteiger partial charge in [-0.15, -0.1) is 0 Å². The molecule has 0 atom stereocenters. The average Bonchev–Trinajstić information content (AvgIpc) is 2.27. The molecule has 8 heteroatoms. The molecule has 0 aromatic heterocycles. The maximum atomic E-state index is 11.5. The molecule has 0 rings (SSSR count). The maximum absolute atomic E-state index is 11.5. The van der Waals surface area contributed by atoms with E-state index < -0.39 is 18.6 Å². The predicted octanol–water partition coefficient (Wildman–Crippen LogP) is -1.18. The molecule has 0 saturated heterocycles. The van der Waals surface area contributed by atoms with Crippen molar-refractivity contribution in [3.8, 4) is 0 Å². The lowest BCUT2D eigenvalue weighted by Crippen LogP contribution is -2.43. The number of carbonyl (C=O) groups is 3. The fourth-order valence-corrected chi connectivity index (χ4v) is 0.941. The van der Waals surface area contributed by atoms with Crippen LogP contribution in [0.2, 0.25) is 0 Å². The van der Waals surface area contributed by atoms with E-state index in [2.05, 4.69) is 5.32 Å². The first-order valence-corrected chi connectivity index (χ1v) is 5.33. The van der Waals surface area contributed by atoms with Gasteiger partial charge in [0.2, 0.25) is 5.91 Å². The lowest BCUT2D eigenvalue weighted by Gasteiger charge is -2.19. The van der Waals surface area contributed by atoms with E-state index >= 15 is 0 Å². The molecule has 0 fully saturated rings. The summed E-state index contributed by atoms with van der Waals surface area (Å²) in [6.45, 7) is -0.125. The quantitative estimate of drug-likeness (QED) is 0.562. The van der Waals surface area contributed by atoms with E-state index in [4.69, 9.17) is 9.84 Å². The molecule has 0 heterocycles. The molecule has 0 aliphatic rings. The summed E-state index contributed by atoms with van der Waals surface area (Å²) in [4.78, 5) is 35.5. The Morgan fingerprint density at radius 2 is 1.83 bits per heavy atom. The molecule has 8 nitrogen and oxygen atoms in total.